The number of thioether (sulfide) groups is 1. The molecule has 0 aliphatic heterocycles. The molecule has 0 aromatic rings. The molecule has 0 heterocycles. The van der Waals surface area contributed by atoms with Crippen molar-refractivity contribution < 1.29 is 28.7 Å². The molecule has 0 N–H and O–H groups in total. The first-order valence-corrected chi connectivity index (χ1v) is 8.69. The summed E-state index contributed by atoms with van der Waals surface area (Å²) in [5.41, 5.74) is 0. The highest BCUT2D eigenvalue weighted by molar-refractivity contribution is 8.13. The SMILES string of the molecule is CCC(=O)O[C@H](C)OC(=O)SC[C@H](CC(=O)C(C)(C)S)C(C)=O. The van der Waals surface area contributed by atoms with Crippen molar-refractivity contribution in [2.45, 2.75) is 58.5 Å². The van der Waals surface area contributed by atoms with Crippen molar-refractivity contribution in [1.29, 1.82) is 0 Å². The Hall–Kier alpha value is -1.02. The van der Waals surface area contributed by atoms with Gasteiger partial charge in [0.25, 0.3) is 0 Å². The van der Waals surface area contributed by atoms with E-state index in [4.69, 9.17) is 9.47 Å². The van der Waals surface area contributed by atoms with Crippen LogP contribution in [0.3, 0.4) is 0 Å². The fourth-order valence-electron chi connectivity index (χ4n) is 1.42. The maximum absolute atomic E-state index is 11.9. The van der Waals surface area contributed by atoms with Crippen molar-refractivity contribution in [3.63, 3.8) is 0 Å². The Bertz CT molecular complexity index is 455. The normalized spacial score (nSPS) is 13.8. The number of rotatable bonds is 9. The van der Waals surface area contributed by atoms with Crippen molar-refractivity contribution in [3.05, 3.63) is 0 Å². The summed E-state index contributed by atoms with van der Waals surface area (Å²) < 4.78 is 8.87. The lowest BCUT2D eigenvalue weighted by molar-refractivity contribution is -0.163. The van der Waals surface area contributed by atoms with Crippen LogP contribution in [0.4, 0.5) is 4.79 Å². The zero-order valence-electron chi connectivity index (χ0n) is 14.1. The number of ketones is 2. The van der Waals surface area contributed by atoms with Crippen LogP contribution in [0, 0.1) is 5.92 Å². The molecule has 8 heteroatoms. The molecule has 0 spiro atoms. The molecule has 0 aliphatic rings. The second kappa shape index (κ2) is 9.97. The van der Waals surface area contributed by atoms with Gasteiger partial charge in [0.05, 0.1) is 4.75 Å². The number of hydrogen-bond acceptors (Lipinski definition) is 8. The third-order valence-electron chi connectivity index (χ3n) is 2.94. The highest BCUT2D eigenvalue weighted by Gasteiger charge is 2.28. The van der Waals surface area contributed by atoms with Gasteiger partial charge in [0.1, 0.15) is 11.6 Å². The average Bonchev–Trinajstić information content (AvgIpc) is 2.41. The summed E-state index contributed by atoms with van der Waals surface area (Å²) in [5, 5.41) is -0.662. The standard InChI is InChI=1S/C15H24O6S2/c1-6-13(18)20-10(3)21-14(19)23-8-11(9(2)16)7-12(17)15(4,5)22/h10-11,22H,6-8H2,1-5H3/t10-,11-/m0/s1. The fraction of sp³-hybridized carbons (Fsp3) is 0.733. The van der Waals surface area contributed by atoms with E-state index in [1.807, 2.05) is 0 Å². The molecular weight excluding hydrogens is 340 g/mol. The average molecular weight is 364 g/mol. The van der Waals surface area contributed by atoms with Gasteiger partial charge in [-0.3, -0.25) is 14.4 Å². The van der Waals surface area contributed by atoms with E-state index in [2.05, 4.69) is 12.6 Å². The van der Waals surface area contributed by atoms with Crippen LogP contribution < -0.4 is 0 Å². The number of hydrogen-bond donors (Lipinski definition) is 1. The van der Waals surface area contributed by atoms with Crippen LogP contribution in [-0.2, 0) is 23.9 Å². The monoisotopic (exact) mass is 364 g/mol. The van der Waals surface area contributed by atoms with Gasteiger partial charge in [-0.05, 0) is 32.5 Å². The molecule has 0 fully saturated rings. The van der Waals surface area contributed by atoms with Crippen LogP contribution in [0.5, 0.6) is 0 Å². The molecule has 6 nitrogen and oxygen atoms in total. The lowest BCUT2D eigenvalue weighted by Gasteiger charge is -2.19. The summed E-state index contributed by atoms with van der Waals surface area (Å²) in [6, 6.07) is 0. The maximum Gasteiger partial charge on any atom is 0.370 e. The smallest absolute Gasteiger partial charge is 0.370 e. The zero-order chi connectivity index (χ0) is 18.2. The van der Waals surface area contributed by atoms with Crippen LogP contribution in [0.25, 0.3) is 0 Å². The minimum Gasteiger partial charge on any atom is -0.425 e. The molecular formula is C15H24O6S2. The molecule has 0 saturated carbocycles. The van der Waals surface area contributed by atoms with E-state index in [1.54, 1.807) is 20.8 Å². The topological polar surface area (TPSA) is 86.7 Å². The largest absolute Gasteiger partial charge is 0.425 e. The molecule has 0 saturated heterocycles. The molecule has 0 unspecified atom stereocenters. The van der Waals surface area contributed by atoms with Gasteiger partial charge in [-0.15, -0.1) is 0 Å². The third kappa shape index (κ3) is 9.65. The number of Topliss-reactive ketones (excluding diaryl/α,β-unsaturated/α-hetero) is 2. The van der Waals surface area contributed by atoms with E-state index in [9.17, 15) is 19.2 Å². The highest BCUT2D eigenvalue weighted by Crippen LogP contribution is 2.22. The van der Waals surface area contributed by atoms with Gasteiger partial charge in [-0.1, -0.05) is 6.92 Å². The van der Waals surface area contributed by atoms with Gasteiger partial charge in [0.2, 0.25) is 6.29 Å². The van der Waals surface area contributed by atoms with Crippen molar-refractivity contribution in [3.8, 4) is 0 Å². The zero-order valence-corrected chi connectivity index (χ0v) is 15.8. The highest BCUT2D eigenvalue weighted by atomic mass is 32.2. The van der Waals surface area contributed by atoms with Gasteiger partial charge in [0.15, 0.2) is 0 Å². The Balaban J connectivity index is 4.42. The van der Waals surface area contributed by atoms with Gasteiger partial charge in [-0.2, -0.15) is 12.6 Å². The van der Waals surface area contributed by atoms with E-state index < -0.39 is 28.2 Å². The van der Waals surface area contributed by atoms with Gasteiger partial charge < -0.3 is 9.47 Å². The second-order valence-corrected chi connectivity index (χ2v) is 7.66. The predicted octanol–water partition coefficient (Wildman–Crippen LogP) is 3.03. The summed E-state index contributed by atoms with van der Waals surface area (Å²) in [7, 11) is 0. The molecule has 0 rings (SSSR count). The maximum atomic E-state index is 11.9. The number of carbonyl (C=O) groups excluding carboxylic acids is 4. The van der Waals surface area contributed by atoms with Crippen molar-refractivity contribution in [2.24, 2.45) is 5.92 Å². The number of esters is 1. The number of ether oxygens (including phenoxy) is 2. The molecule has 23 heavy (non-hydrogen) atoms. The van der Waals surface area contributed by atoms with Crippen LogP contribution in [0.2, 0.25) is 0 Å². The molecule has 0 amide bonds. The van der Waals surface area contributed by atoms with Crippen LogP contribution >= 0.6 is 24.4 Å². The summed E-state index contributed by atoms with van der Waals surface area (Å²) in [6.45, 7) is 7.74. The van der Waals surface area contributed by atoms with Gasteiger partial charge >= 0.3 is 11.3 Å². The van der Waals surface area contributed by atoms with Crippen molar-refractivity contribution >= 4 is 47.2 Å². The lowest BCUT2D eigenvalue weighted by Crippen LogP contribution is -2.30. The minimum atomic E-state index is -0.990. The van der Waals surface area contributed by atoms with E-state index >= 15 is 0 Å². The third-order valence-corrected chi connectivity index (χ3v) is 4.09. The Labute approximate surface area is 146 Å². The summed E-state index contributed by atoms with van der Waals surface area (Å²) in [4.78, 5) is 46.3. The minimum absolute atomic E-state index is 0.0203. The van der Waals surface area contributed by atoms with Crippen molar-refractivity contribution in [2.75, 3.05) is 5.75 Å². The Morgan fingerprint density at radius 3 is 2.17 bits per heavy atom. The molecule has 0 aliphatic carbocycles. The molecule has 132 valence electrons. The van der Waals surface area contributed by atoms with Crippen LogP contribution in [0.15, 0.2) is 0 Å². The summed E-state index contributed by atoms with van der Waals surface area (Å²) in [5.74, 6) is -1.28. The van der Waals surface area contributed by atoms with Crippen LogP contribution in [0.1, 0.15) is 47.5 Å². The predicted molar refractivity (Wildman–Crippen MR) is 91.6 cm³/mol. The Morgan fingerprint density at radius 1 is 1.17 bits per heavy atom. The van der Waals surface area contributed by atoms with Gasteiger partial charge in [0, 0.05) is 31.4 Å². The first kappa shape index (κ1) is 22.0. The molecule has 0 bridgehead atoms. The van der Waals surface area contributed by atoms with E-state index in [0.717, 1.165) is 11.8 Å². The first-order chi connectivity index (χ1) is 10.5. The van der Waals surface area contributed by atoms with E-state index in [1.165, 1.54) is 13.8 Å². The second-order valence-electron chi connectivity index (χ2n) is 5.58. The van der Waals surface area contributed by atoms with E-state index in [-0.39, 0.29) is 30.2 Å². The number of thiol groups is 1. The van der Waals surface area contributed by atoms with E-state index in [0.29, 0.717) is 0 Å². The Morgan fingerprint density at radius 2 is 1.74 bits per heavy atom. The Kier molecular flexibility index (Phi) is 9.53. The summed E-state index contributed by atoms with van der Waals surface area (Å²) in [6.07, 6.45) is -0.786. The summed E-state index contributed by atoms with van der Waals surface area (Å²) >= 11 is 4.96. The van der Waals surface area contributed by atoms with Crippen LogP contribution in [-0.4, -0.2) is 39.6 Å². The number of carbonyl (C=O) groups is 4. The molecule has 0 radical (unpaired) electrons. The molecule has 0 aromatic carbocycles. The molecule has 2 atom stereocenters. The lowest BCUT2D eigenvalue weighted by atomic mass is 9.94. The molecule has 0 aromatic heterocycles. The van der Waals surface area contributed by atoms with Gasteiger partial charge in [-0.25, -0.2) is 4.79 Å². The quantitative estimate of drug-likeness (QED) is 0.382. The fourth-order valence-corrected chi connectivity index (χ4v) is 2.41. The first-order valence-electron chi connectivity index (χ1n) is 7.26. The van der Waals surface area contributed by atoms with Crippen molar-refractivity contribution in [1.82, 2.24) is 0 Å².